The Labute approximate surface area is 206 Å². The number of rotatable bonds is 10. The molecule has 1 aliphatic rings. The molecule has 1 aromatic heterocycles. The minimum Gasteiger partial charge on any atom is -0.497 e. The highest BCUT2D eigenvalue weighted by Gasteiger charge is 2.24. The SMILES string of the molecule is COc1ccc(-c2nc(N(CCC(=O)NC3CC3)CCc3ccccc3)c3ccccc3n2)cc1. The molecule has 1 fully saturated rings. The van der Waals surface area contributed by atoms with Crippen LogP contribution in [0.4, 0.5) is 5.82 Å². The summed E-state index contributed by atoms with van der Waals surface area (Å²) >= 11 is 0. The summed E-state index contributed by atoms with van der Waals surface area (Å²) in [5.74, 6) is 2.41. The van der Waals surface area contributed by atoms with Crippen LogP contribution in [0.1, 0.15) is 24.8 Å². The first-order chi connectivity index (χ1) is 17.2. The summed E-state index contributed by atoms with van der Waals surface area (Å²) in [5, 5.41) is 4.10. The first-order valence-corrected chi connectivity index (χ1v) is 12.2. The van der Waals surface area contributed by atoms with Crippen LogP contribution < -0.4 is 15.0 Å². The minimum absolute atomic E-state index is 0.103. The number of ether oxygens (including phenoxy) is 1. The fraction of sp³-hybridized carbons (Fsp3) is 0.276. The highest BCUT2D eigenvalue weighted by atomic mass is 16.5. The first kappa shape index (κ1) is 22.8. The summed E-state index contributed by atoms with van der Waals surface area (Å²) in [7, 11) is 1.66. The lowest BCUT2D eigenvalue weighted by Crippen LogP contribution is -2.33. The van der Waals surface area contributed by atoms with Gasteiger partial charge in [-0.25, -0.2) is 9.97 Å². The average Bonchev–Trinajstić information content (AvgIpc) is 3.73. The van der Waals surface area contributed by atoms with Gasteiger partial charge in [-0.1, -0.05) is 42.5 Å². The molecular formula is C29H30N4O2. The fourth-order valence-corrected chi connectivity index (χ4v) is 4.17. The van der Waals surface area contributed by atoms with Crippen LogP contribution in [-0.2, 0) is 11.2 Å². The van der Waals surface area contributed by atoms with Crippen LogP contribution in [0.2, 0.25) is 0 Å². The number of aromatic nitrogens is 2. The predicted molar refractivity (Wildman–Crippen MR) is 140 cm³/mol. The van der Waals surface area contributed by atoms with Crippen LogP contribution in [0.3, 0.4) is 0 Å². The number of para-hydroxylation sites is 1. The van der Waals surface area contributed by atoms with Crippen molar-refractivity contribution in [1.82, 2.24) is 15.3 Å². The molecule has 1 heterocycles. The molecule has 6 heteroatoms. The van der Waals surface area contributed by atoms with Crippen LogP contribution in [-0.4, -0.2) is 42.1 Å². The van der Waals surface area contributed by atoms with Gasteiger partial charge in [-0.3, -0.25) is 4.79 Å². The largest absolute Gasteiger partial charge is 0.497 e. The van der Waals surface area contributed by atoms with Crippen molar-refractivity contribution in [3.63, 3.8) is 0 Å². The van der Waals surface area contributed by atoms with E-state index < -0.39 is 0 Å². The second kappa shape index (κ2) is 10.6. The zero-order chi connectivity index (χ0) is 24.0. The van der Waals surface area contributed by atoms with Gasteiger partial charge in [-0.05, 0) is 61.2 Å². The molecular weight excluding hydrogens is 436 g/mol. The lowest BCUT2D eigenvalue weighted by Gasteiger charge is -2.25. The fourth-order valence-electron chi connectivity index (χ4n) is 4.17. The summed E-state index contributed by atoms with van der Waals surface area (Å²) in [6, 6.07) is 26.7. The number of amides is 1. The standard InChI is InChI=1S/C29H30N4O2/c1-35-24-15-11-22(12-16-24)28-31-26-10-6-5-9-25(26)29(32-28)33(19-17-21-7-3-2-4-8-21)20-18-27(34)30-23-13-14-23/h2-12,15-16,23H,13-14,17-20H2,1H3,(H,30,34). The number of hydrogen-bond acceptors (Lipinski definition) is 5. The number of anilines is 1. The van der Waals surface area contributed by atoms with Crippen molar-refractivity contribution in [2.45, 2.75) is 31.7 Å². The summed E-state index contributed by atoms with van der Waals surface area (Å²) in [5.41, 5.74) is 3.07. The summed E-state index contributed by atoms with van der Waals surface area (Å²) < 4.78 is 5.31. The van der Waals surface area contributed by atoms with Gasteiger partial charge in [0.25, 0.3) is 0 Å². The molecule has 1 N–H and O–H groups in total. The van der Waals surface area contributed by atoms with Gasteiger partial charge in [0.15, 0.2) is 5.82 Å². The number of hydrogen-bond donors (Lipinski definition) is 1. The molecule has 5 rings (SSSR count). The summed E-state index contributed by atoms with van der Waals surface area (Å²) in [4.78, 5) is 24.6. The second-order valence-electron chi connectivity index (χ2n) is 8.93. The summed E-state index contributed by atoms with van der Waals surface area (Å²) in [6.45, 7) is 1.35. The van der Waals surface area contributed by atoms with Crippen molar-refractivity contribution in [3.05, 3.63) is 84.4 Å². The molecule has 0 radical (unpaired) electrons. The van der Waals surface area contributed by atoms with Crippen LogP contribution >= 0.6 is 0 Å². The number of methoxy groups -OCH3 is 1. The third-order valence-electron chi connectivity index (χ3n) is 6.30. The molecule has 0 bridgehead atoms. The molecule has 6 nitrogen and oxygen atoms in total. The van der Waals surface area contributed by atoms with Gasteiger partial charge in [-0.2, -0.15) is 0 Å². The number of benzene rings is 3. The molecule has 0 atom stereocenters. The van der Waals surface area contributed by atoms with Gasteiger partial charge in [0.1, 0.15) is 11.6 Å². The zero-order valence-electron chi connectivity index (χ0n) is 20.0. The lowest BCUT2D eigenvalue weighted by atomic mass is 10.1. The number of carbonyl (C=O) groups is 1. The van der Waals surface area contributed by atoms with E-state index >= 15 is 0 Å². The molecule has 35 heavy (non-hydrogen) atoms. The van der Waals surface area contributed by atoms with E-state index in [1.807, 2.05) is 48.5 Å². The second-order valence-corrected chi connectivity index (χ2v) is 8.93. The molecule has 1 aliphatic carbocycles. The normalized spacial score (nSPS) is 12.9. The third-order valence-corrected chi connectivity index (χ3v) is 6.30. The van der Waals surface area contributed by atoms with E-state index in [2.05, 4.69) is 40.5 Å². The van der Waals surface area contributed by atoms with E-state index in [-0.39, 0.29) is 5.91 Å². The van der Waals surface area contributed by atoms with Crippen molar-refractivity contribution in [3.8, 4) is 17.1 Å². The van der Waals surface area contributed by atoms with Crippen molar-refractivity contribution in [2.75, 3.05) is 25.1 Å². The van der Waals surface area contributed by atoms with Gasteiger partial charge in [0.05, 0.1) is 12.6 Å². The lowest BCUT2D eigenvalue weighted by molar-refractivity contribution is -0.121. The maximum absolute atomic E-state index is 12.5. The van der Waals surface area contributed by atoms with Crippen LogP contribution in [0.15, 0.2) is 78.9 Å². The third kappa shape index (κ3) is 5.77. The Kier molecular flexibility index (Phi) is 6.89. The average molecular weight is 467 g/mol. The molecule has 178 valence electrons. The molecule has 0 saturated heterocycles. The van der Waals surface area contributed by atoms with E-state index in [9.17, 15) is 4.79 Å². The first-order valence-electron chi connectivity index (χ1n) is 12.2. The Morgan fingerprint density at radius 1 is 0.943 bits per heavy atom. The molecule has 0 spiro atoms. The molecule has 0 aliphatic heterocycles. The molecule has 1 saturated carbocycles. The predicted octanol–water partition coefficient (Wildman–Crippen LogP) is 5.02. The number of fused-ring (bicyclic) bond motifs is 1. The van der Waals surface area contributed by atoms with Crippen molar-refractivity contribution < 1.29 is 9.53 Å². The highest BCUT2D eigenvalue weighted by Crippen LogP contribution is 2.29. The van der Waals surface area contributed by atoms with Crippen LogP contribution in [0.25, 0.3) is 22.3 Å². The topological polar surface area (TPSA) is 67.3 Å². The van der Waals surface area contributed by atoms with Gasteiger partial charge in [0.2, 0.25) is 5.91 Å². The van der Waals surface area contributed by atoms with Gasteiger partial charge in [0, 0.05) is 36.5 Å². The number of nitrogens with zero attached hydrogens (tertiary/aromatic N) is 3. The monoisotopic (exact) mass is 466 g/mol. The van der Waals surface area contributed by atoms with E-state index in [1.54, 1.807) is 7.11 Å². The number of nitrogens with one attached hydrogen (secondary N) is 1. The Morgan fingerprint density at radius 2 is 1.69 bits per heavy atom. The van der Waals surface area contributed by atoms with Crippen molar-refractivity contribution in [1.29, 1.82) is 0 Å². The van der Waals surface area contributed by atoms with Crippen molar-refractivity contribution >= 4 is 22.6 Å². The summed E-state index contributed by atoms with van der Waals surface area (Å²) in [6.07, 6.45) is 3.47. The van der Waals surface area contributed by atoms with Crippen molar-refractivity contribution in [2.24, 2.45) is 0 Å². The van der Waals surface area contributed by atoms with Crippen LogP contribution in [0.5, 0.6) is 5.75 Å². The Balaban J connectivity index is 1.49. The zero-order valence-corrected chi connectivity index (χ0v) is 20.0. The van der Waals surface area contributed by atoms with Gasteiger partial charge >= 0.3 is 0 Å². The maximum atomic E-state index is 12.5. The minimum atomic E-state index is 0.103. The number of carbonyl (C=O) groups excluding carboxylic acids is 1. The molecule has 0 unspecified atom stereocenters. The Hall–Kier alpha value is -3.93. The highest BCUT2D eigenvalue weighted by molar-refractivity contribution is 5.91. The van der Waals surface area contributed by atoms with E-state index in [1.165, 1.54) is 5.56 Å². The van der Waals surface area contributed by atoms with Gasteiger partial charge in [-0.15, -0.1) is 0 Å². The Bertz CT molecular complexity index is 1290. The van der Waals surface area contributed by atoms with E-state index in [0.717, 1.165) is 53.8 Å². The Morgan fingerprint density at radius 3 is 2.43 bits per heavy atom. The van der Waals surface area contributed by atoms with Crippen LogP contribution in [0, 0.1) is 0 Å². The quantitative estimate of drug-likeness (QED) is 0.355. The maximum Gasteiger partial charge on any atom is 0.221 e. The van der Waals surface area contributed by atoms with E-state index in [4.69, 9.17) is 14.7 Å². The van der Waals surface area contributed by atoms with Gasteiger partial charge < -0.3 is 15.0 Å². The van der Waals surface area contributed by atoms with E-state index in [0.29, 0.717) is 24.8 Å². The molecule has 3 aromatic carbocycles. The molecule has 1 amide bonds. The smallest absolute Gasteiger partial charge is 0.221 e. The molecule has 4 aromatic rings.